The molecule has 1 fully saturated rings. The van der Waals surface area contributed by atoms with Gasteiger partial charge in [0.15, 0.2) is 5.96 Å². The van der Waals surface area contributed by atoms with E-state index < -0.39 is 0 Å². The van der Waals surface area contributed by atoms with E-state index in [9.17, 15) is 0 Å². The van der Waals surface area contributed by atoms with Crippen LogP contribution in [0.3, 0.4) is 0 Å². The zero-order valence-electron chi connectivity index (χ0n) is 16.5. The molecule has 3 rings (SSSR count). The van der Waals surface area contributed by atoms with Crippen molar-refractivity contribution in [2.45, 2.75) is 26.4 Å². The number of nitrogens with one attached hydrogen (secondary N) is 2. The topological polar surface area (TPSA) is 66.7 Å². The summed E-state index contributed by atoms with van der Waals surface area (Å²) < 4.78 is 7.43. The Hall–Kier alpha value is -1.81. The summed E-state index contributed by atoms with van der Waals surface area (Å²) in [5.74, 6) is 0.856. The van der Waals surface area contributed by atoms with Crippen LogP contribution >= 0.6 is 24.0 Å². The van der Waals surface area contributed by atoms with Crippen LogP contribution in [0.1, 0.15) is 18.9 Å². The van der Waals surface area contributed by atoms with Gasteiger partial charge in [0.2, 0.25) is 0 Å². The Bertz CT molecular complexity index is 700. The van der Waals surface area contributed by atoms with Crippen LogP contribution in [-0.2, 0) is 17.8 Å². The Labute approximate surface area is 184 Å². The van der Waals surface area contributed by atoms with Crippen molar-refractivity contribution in [2.24, 2.45) is 4.99 Å². The molecule has 0 amide bonds. The summed E-state index contributed by atoms with van der Waals surface area (Å²) in [7, 11) is 0. The molecule has 154 valence electrons. The number of aliphatic imine (C=N–C) groups is 1. The predicted octanol–water partition coefficient (Wildman–Crippen LogP) is 2.48. The van der Waals surface area contributed by atoms with Gasteiger partial charge in [0, 0.05) is 50.8 Å². The van der Waals surface area contributed by atoms with Crippen molar-refractivity contribution < 1.29 is 4.74 Å². The van der Waals surface area contributed by atoms with Gasteiger partial charge in [-0.2, -0.15) is 5.10 Å². The van der Waals surface area contributed by atoms with Gasteiger partial charge in [-0.3, -0.25) is 4.68 Å². The van der Waals surface area contributed by atoms with Crippen molar-refractivity contribution in [3.05, 3.63) is 48.3 Å². The second kappa shape index (κ2) is 12.6. The quantitative estimate of drug-likeness (QED) is 0.254. The van der Waals surface area contributed by atoms with Crippen LogP contribution in [0.2, 0.25) is 0 Å². The van der Waals surface area contributed by atoms with Gasteiger partial charge < -0.3 is 20.3 Å². The highest BCUT2D eigenvalue weighted by atomic mass is 127. The average molecular weight is 498 g/mol. The Morgan fingerprint density at radius 1 is 1.18 bits per heavy atom. The van der Waals surface area contributed by atoms with E-state index in [1.165, 1.54) is 11.3 Å². The number of ether oxygens (including phenoxy) is 1. The van der Waals surface area contributed by atoms with Gasteiger partial charge in [-0.15, -0.1) is 24.0 Å². The van der Waals surface area contributed by atoms with E-state index in [4.69, 9.17) is 9.73 Å². The number of rotatable bonds is 8. The Kier molecular flexibility index (Phi) is 10.1. The number of nitrogens with zero attached hydrogens (tertiary/aromatic N) is 4. The smallest absolute Gasteiger partial charge is 0.191 e. The van der Waals surface area contributed by atoms with Crippen molar-refractivity contribution in [3.63, 3.8) is 0 Å². The molecule has 0 bridgehead atoms. The molecule has 1 aliphatic heterocycles. The maximum absolute atomic E-state index is 5.48. The Balaban J connectivity index is 0.00000280. The van der Waals surface area contributed by atoms with E-state index in [2.05, 4.69) is 51.8 Å². The standard InChI is InChI=1S/C20H30N6O.HI/c1-2-21-20(22-9-5-11-26-12-6-10-24-26)23-17-18-7-3-4-8-19(18)25-13-15-27-16-14-25;/h3-4,6-8,10,12H,2,5,9,11,13-17H2,1H3,(H2,21,22,23);1H. The first-order valence-electron chi connectivity index (χ1n) is 9.77. The lowest BCUT2D eigenvalue weighted by Gasteiger charge is -2.30. The van der Waals surface area contributed by atoms with Gasteiger partial charge in [0.25, 0.3) is 0 Å². The van der Waals surface area contributed by atoms with Crippen molar-refractivity contribution in [1.29, 1.82) is 0 Å². The van der Waals surface area contributed by atoms with E-state index in [1.54, 1.807) is 0 Å². The van der Waals surface area contributed by atoms with Crippen molar-refractivity contribution in [2.75, 3.05) is 44.3 Å². The number of para-hydroxylation sites is 1. The van der Waals surface area contributed by atoms with Crippen LogP contribution in [0.5, 0.6) is 0 Å². The minimum atomic E-state index is 0. The van der Waals surface area contributed by atoms with Crippen molar-refractivity contribution in [3.8, 4) is 0 Å². The molecule has 1 saturated heterocycles. The fraction of sp³-hybridized carbons (Fsp3) is 0.500. The lowest BCUT2D eigenvalue weighted by molar-refractivity contribution is 0.122. The number of aromatic nitrogens is 2. The molecule has 0 unspecified atom stereocenters. The van der Waals surface area contributed by atoms with Gasteiger partial charge >= 0.3 is 0 Å². The summed E-state index contributed by atoms with van der Waals surface area (Å²) in [4.78, 5) is 7.18. The highest BCUT2D eigenvalue weighted by Crippen LogP contribution is 2.22. The molecule has 2 aromatic rings. The van der Waals surface area contributed by atoms with Crippen LogP contribution in [0.25, 0.3) is 0 Å². The molecular weight excluding hydrogens is 467 g/mol. The third kappa shape index (κ3) is 6.97. The van der Waals surface area contributed by atoms with Crippen LogP contribution in [0.15, 0.2) is 47.7 Å². The average Bonchev–Trinajstić information content (AvgIpc) is 3.24. The fourth-order valence-corrected chi connectivity index (χ4v) is 3.14. The summed E-state index contributed by atoms with van der Waals surface area (Å²) in [6.07, 6.45) is 4.79. The number of aryl methyl sites for hydroxylation is 1. The maximum Gasteiger partial charge on any atom is 0.191 e. The molecule has 2 heterocycles. The molecule has 7 nitrogen and oxygen atoms in total. The van der Waals surface area contributed by atoms with Crippen molar-refractivity contribution in [1.82, 2.24) is 20.4 Å². The van der Waals surface area contributed by atoms with Gasteiger partial charge in [0.1, 0.15) is 0 Å². The minimum Gasteiger partial charge on any atom is -0.378 e. The van der Waals surface area contributed by atoms with E-state index in [0.29, 0.717) is 6.54 Å². The highest BCUT2D eigenvalue weighted by molar-refractivity contribution is 14.0. The predicted molar refractivity (Wildman–Crippen MR) is 125 cm³/mol. The lowest BCUT2D eigenvalue weighted by atomic mass is 10.1. The second-order valence-electron chi connectivity index (χ2n) is 6.47. The second-order valence-corrected chi connectivity index (χ2v) is 6.47. The molecule has 0 radical (unpaired) electrons. The molecule has 1 aliphatic rings. The van der Waals surface area contributed by atoms with Crippen LogP contribution < -0.4 is 15.5 Å². The SMILES string of the molecule is CCNC(=NCc1ccccc1N1CCOCC1)NCCCn1cccn1.I. The Morgan fingerprint density at radius 3 is 2.75 bits per heavy atom. The molecule has 28 heavy (non-hydrogen) atoms. The molecule has 8 heteroatoms. The van der Waals surface area contributed by atoms with Gasteiger partial charge in [-0.1, -0.05) is 18.2 Å². The number of anilines is 1. The number of hydrogen-bond acceptors (Lipinski definition) is 4. The van der Waals surface area contributed by atoms with Crippen LogP contribution in [-0.4, -0.2) is 55.1 Å². The first kappa shape index (κ1) is 22.5. The molecular formula is C20H31IN6O. The summed E-state index contributed by atoms with van der Waals surface area (Å²) >= 11 is 0. The first-order valence-corrected chi connectivity index (χ1v) is 9.77. The molecule has 2 N–H and O–H groups in total. The maximum atomic E-state index is 5.48. The normalized spacial score (nSPS) is 14.5. The molecule has 1 aromatic carbocycles. The highest BCUT2D eigenvalue weighted by Gasteiger charge is 2.14. The van der Waals surface area contributed by atoms with E-state index >= 15 is 0 Å². The number of benzene rings is 1. The van der Waals surface area contributed by atoms with Crippen molar-refractivity contribution >= 4 is 35.6 Å². The first-order chi connectivity index (χ1) is 13.4. The summed E-state index contributed by atoms with van der Waals surface area (Å²) in [5, 5.41) is 11.0. The summed E-state index contributed by atoms with van der Waals surface area (Å²) in [6, 6.07) is 10.5. The van der Waals surface area contributed by atoms with Gasteiger partial charge in [-0.05, 0) is 31.0 Å². The minimum absolute atomic E-state index is 0. The summed E-state index contributed by atoms with van der Waals surface area (Å²) in [6.45, 7) is 8.80. The molecule has 0 saturated carbocycles. The fourth-order valence-electron chi connectivity index (χ4n) is 3.14. The lowest BCUT2D eigenvalue weighted by Crippen LogP contribution is -2.38. The third-order valence-corrected chi connectivity index (χ3v) is 4.51. The third-order valence-electron chi connectivity index (χ3n) is 4.51. The largest absolute Gasteiger partial charge is 0.378 e. The molecule has 0 aliphatic carbocycles. The molecule has 1 aromatic heterocycles. The number of guanidine groups is 1. The molecule has 0 spiro atoms. The zero-order chi connectivity index (χ0) is 18.7. The Morgan fingerprint density at radius 2 is 2.00 bits per heavy atom. The van der Waals surface area contributed by atoms with E-state index in [0.717, 1.165) is 58.3 Å². The number of hydrogen-bond donors (Lipinski definition) is 2. The van der Waals surface area contributed by atoms with Gasteiger partial charge in [0.05, 0.1) is 19.8 Å². The van der Waals surface area contributed by atoms with Crippen LogP contribution in [0, 0.1) is 0 Å². The molecule has 0 atom stereocenters. The van der Waals surface area contributed by atoms with Crippen LogP contribution in [0.4, 0.5) is 5.69 Å². The van der Waals surface area contributed by atoms with E-state index in [-0.39, 0.29) is 24.0 Å². The number of morpholine rings is 1. The monoisotopic (exact) mass is 498 g/mol. The van der Waals surface area contributed by atoms with Gasteiger partial charge in [-0.25, -0.2) is 4.99 Å². The van der Waals surface area contributed by atoms with E-state index in [1.807, 2.05) is 23.1 Å². The summed E-state index contributed by atoms with van der Waals surface area (Å²) in [5.41, 5.74) is 2.51. The number of halogens is 1. The zero-order valence-corrected chi connectivity index (χ0v) is 18.8.